The molecule has 3 N–H and O–H groups in total. The zero-order valence-electron chi connectivity index (χ0n) is 13.7. The van der Waals surface area contributed by atoms with Gasteiger partial charge in [-0.15, -0.1) is 0 Å². The molecule has 1 aromatic heterocycles. The molecule has 0 aliphatic rings. The molecule has 8 nitrogen and oxygen atoms in total. The number of anilines is 1. The average molecular weight is 352 g/mol. The van der Waals surface area contributed by atoms with Gasteiger partial charge in [0.05, 0.1) is 4.92 Å². The molecule has 0 fully saturated rings. The third kappa shape index (κ3) is 3.69. The zero-order chi connectivity index (χ0) is 18.5. The lowest BCUT2D eigenvalue weighted by Gasteiger charge is -2.07. The number of nitro groups is 1. The van der Waals surface area contributed by atoms with Crippen LogP contribution >= 0.6 is 0 Å². The normalized spacial score (nSPS) is 10.5. The van der Waals surface area contributed by atoms with E-state index in [4.69, 9.17) is 0 Å². The summed E-state index contributed by atoms with van der Waals surface area (Å²) in [5, 5.41) is 16.8. The molecule has 3 rings (SSSR count). The summed E-state index contributed by atoms with van der Waals surface area (Å²) in [5.41, 5.74) is 1.74. The van der Waals surface area contributed by atoms with Crippen LogP contribution in [-0.2, 0) is 16.0 Å². The first-order chi connectivity index (χ1) is 12.6. The highest BCUT2D eigenvalue weighted by molar-refractivity contribution is 6.39. The molecule has 0 aliphatic heterocycles. The summed E-state index contributed by atoms with van der Waals surface area (Å²) in [6.45, 7) is 0.269. The van der Waals surface area contributed by atoms with Gasteiger partial charge in [-0.2, -0.15) is 0 Å². The van der Waals surface area contributed by atoms with E-state index in [-0.39, 0.29) is 17.9 Å². The van der Waals surface area contributed by atoms with Gasteiger partial charge >= 0.3 is 11.8 Å². The molecule has 26 heavy (non-hydrogen) atoms. The second-order valence-corrected chi connectivity index (χ2v) is 5.59. The summed E-state index contributed by atoms with van der Waals surface area (Å²) >= 11 is 0. The highest BCUT2D eigenvalue weighted by Crippen LogP contribution is 2.23. The molecule has 0 unspecified atom stereocenters. The number of amides is 2. The molecule has 0 bridgehead atoms. The van der Waals surface area contributed by atoms with Crippen LogP contribution in [0.25, 0.3) is 10.9 Å². The van der Waals surface area contributed by atoms with Gasteiger partial charge in [0.2, 0.25) is 0 Å². The lowest BCUT2D eigenvalue weighted by Crippen LogP contribution is -2.36. The first kappa shape index (κ1) is 17.2. The number of H-pyrrole nitrogens is 1. The Bertz CT molecular complexity index is 980. The number of para-hydroxylation sites is 3. The summed E-state index contributed by atoms with van der Waals surface area (Å²) < 4.78 is 0. The van der Waals surface area contributed by atoms with E-state index < -0.39 is 16.7 Å². The van der Waals surface area contributed by atoms with Crippen molar-refractivity contribution < 1.29 is 14.5 Å². The van der Waals surface area contributed by atoms with Crippen molar-refractivity contribution in [2.24, 2.45) is 0 Å². The van der Waals surface area contributed by atoms with E-state index in [1.165, 1.54) is 24.3 Å². The van der Waals surface area contributed by atoms with Crippen molar-refractivity contribution in [1.29, 1.82) is 0 Å². The maximum absolute atomic E-state index is 11.9. The number of benzene rings is 2. The van der Waals surface area contributed by atoms with Crippen LogP contribution in [0.4, 0.5) is 11.4 Å². The number of carbonyl (C=O) groups excluding carboxylic acids is 2. The molecule has 2 amide bonds. The molecule has 2 aromatic carbocycles. The van der Waals surface area contributed by atoms with Crippen LogP contribution in [0.3, 0.4) is 0 Å². The SMILES string of the molecule is O=C(NCCc1c[nH]c2ccccc12)C(=O)Nc1ccccc1[N+](=O)[O-]. The van der Waals surface area contributed by atoms with Crippen LogP contribution in [0.15, 0.2) is 54.7 Å². The minimum absolute atomic E-state index is 0.0192. The number of hydrogen-bond donors (Lipinski definition) is 3. The smallest absolute Gasteiger partial charge is 0.313 e. The van der Waals surface area contributed by atoms with Gasteiger partial charge in [0, 0.05) is 29.7 Å². The molecule has 0 spiro atoms. The molecular formula is C18H16N4O4. The maximum Gasteiger partial charge on any atom is 0.313 e. The largest absolute Gasteiger partial charge is 0.361 e. The summed E-state index contributed by atoms with van der Waals surface area (Å²) in [7, 11) is 0. The predicted octanol–water partition coefficient (Wildman–Crippen LogP) is 2.37. The Morgan fingerprint density at radius 3 is 2.58 bits per heavy atom. The van der Waals surface area contributed by atoms with Crippen molar-refractivity contribution in [2.75, 3.05) is 11.9 Å². The Hall–Kier alpha value is -3.68. The highest BCUT2D eigenvalue weighted by atomic mass is 16.6. The van der Waals surface area contributed by atoms with Crippen LogP contribution in [0.2, 0.25) is 0 Å². The third-order valence-corrected chi connectivity index (χ3v) is 3.91. The van der Waals surface area contributed by atoms with Crippen molar-refractivity contribution in [2.45, 2.75) is 6.42 Å². The second-order valence-electron chi connectivity index (χ2n) is 5.59. The fraction of sp³-hybridized carbons (Fsp3) is 0.111. The highest BCUT2D eigenvalue weighted by Gasteiger charge is 2.19. The van der Waals surface area contributed by atoms with Crippen molar-refractivity contribution in [3.05, 3.63) is 70.4 Å². The molecule has 0 radical (unpaired) electrons. The zero-order valence-corrected chi connectivity index (χ0v) is 13.7. The Morgan fingerprint density at radius 1 is 1.04 bits per heavy atom. The summed E-state index contributed by atoms with van der Waals surface area (Å²) in [4.78, 5) is 37.3. The molecule has 8 heteroatoms. The van der Waals surface area contributed by atoms with E-state index in [1.807, 2.05) is 30.5 Å². The van der Waals surface area contributed by atoms with Crippen molar-refractivity contribution in [1.82, 2.24) is 10.3 Å². The molecule has 1 heterocycles. The number of hydrogen-bond acceptors (Lipinski definition) is 4. The second kappa shape index (κ2) is 7.47. The Kier molecular flexibility index (Phi) is 4.93. The first-order valence-corrected chi connectivity index (χ1v) is 7.94. The summed E-state index contributed by atoms with van der Waals surface area (Å²) in [5.74, 6) is -1.79. The van der Waals surface area contributed by atoms with E-state index in [9.17, 15) is 19.7 Å². The summed E-state index contributed by atoms with van der Waals surface area (Å²) in [6, 6.07) is 13.4. The number of carbonyl (C=O) groups is 2. The van der Waals surface area contributed by atoms with E-state index in [0.717, 1.165) is 16.5 Å². The summed E-state index contributed by atoms with van der Waals surface area (Å²) in [6.07, 6.45) is 2.42. The van der Waals surface area contributed by atoms with E-state index >= 15 is 0 Å². The van der Waals surface area contributed by atoms with Gasteiger partial charge in [-0.05, 0) is 24.1 Å². The van der Waals surface area contributed by atoms with E-state index in [0.29, 0.717) is 6.42 Å². The minimum atomic E-state index is -0.946. The van der Waals surface area contributed by atoms with Gasteiger partial charge < -0.3 is 15.6 Å². The number of rotatable bonds is 5. The molecule has 0 saturated heterocycles. The lowest BCUT2D eigenvalue weighted by atomic mass is 10.1. The van der Waals surface area contributed by atoms with Gasteiger partial charge in [0.15, 0.2) is 0 Å². The first-order valence-electron chi connectivity index (χ1n) is 7.94. The predicted molar refractivity (Wildman–Crippen MR) is 96.7 cm³/mol. The molecular weight excluding hydrogens is 336 g/mol. The number of nitro benzene ring substituents is 1. The molecule has 0 atom stereocenters. The van der Waals surface area contributed by atoms with Crippen molar-refractivity contribution >= 4 is 34.1 Å². The van der Waals surface area contributed by atoms with Gasteiger partial charge in [-0.3, -0.25) is 19.7 Å². The standard InChI is InChI=1S/C18H16N4O4/c23-17(18(24)21-15-7-3-4-8-16(15)22(25)26)19-10-9-12-11-20-14-6-2-1-5-13(12)14/h1-8,11,20H,9-10H2,(H,19,23)(H,21,24). The van der Waals surface area contributed by atoms with Crippen LogP contribution in [-0.4, -0.2) is 28.3 Å². The number of nitrogens with zero attached hydrogens (tertiary/aromatic N) is 1. The topological polar surface area (TPSA) is 117 Å². The van der Waals surface area contributed by atoms with Crippen molar-refractivity contribution in [3.8, 4) is 0 Å². The number of fused-ring (bicyclic) bond motifs is 1. The van der Waals surface area contributed by atoms with Crippen LogP contribution in [0.1, 0.15) is 5.56 Å². The van der Waals surface area contributed by atoms with Gasteiger partial charge in [-0.25, -0.2) is 0 Å². The minimum Gasteiger partial charge on any atom is -0.361 e. The van der Waals surface area contributed by atoms with Gasteiger partial charge in [-0.1, -0.05) is 30.3 Å². The van der Waals surface area contributed by atoms with E-state index in [2.05, 4.69) is 15.6 Å². The number of aromatic amines is 1. The monoisotopic (exact) mass is 352 g/mol. The van der Waals surface area contributed by atoms with Crippen LogP contribution < -0.4 is 10.6 Å². The quantitative estimate of drug-likeness (QED) is 0.371. The van der Waals surface area contributed by atoms with Crippen LogP contribution in [0.5, 0.6) is 0 Å². The molecule has 0 aliphatic carbocycles. The maximum atomic E-state index is 11.9. The van der Waals surface area contributed by atoms with Gasteiger partial charge in [0.1, 0.15) is 5.69 Å². The molecule has 3 aromatic rings. The lowest BCUT2D eigenvalue weighted by molar-refractivity contribution is -0.383. The average Bonchev–Trinajstić information content (AvgIpc) is 3.05. The Labute approximate surface area is 148 Å². The fourth-order valence-corrected chi connectivity index (χ4v) is 2.65. The number of aromatic nitrogens is 1. The van der Waals surface area contributed by atoms with Crippen molar-refractivity contribution in [3.63, 3.8) is 0 Å². The molecule has 0 saturated carbocycles. The van der Waals surface area contributed by atoms with Crippen LogP contribution in [0, 0.1) is 10.1 Å². The number of nitrogens with one attached hydrogen (secondary N) is 3. The fourth-order valence-electron chi connectivity index (χ4n) is 2.65. The van der Waals surface area contributed by atoms with E-state index in [1.54, 1.807) is 0 Å². The van der Waals surface area contributed by atoms with Gasteiger partial charge in [0.25, 0.3) is 5.69 Å². The Balaban J connectivity index is 1.57. The molecule has 132 valence electrons. The Morgan fingerprint density at radius 2 is 1.77 bits per heavy atom. The third-order valence-electron chi connectivity index (χ3n) is 3.91.